The largest absolute Gasteiger partial charge is 0.348 e. The Morgan fingerprint density at radius 3 is 2.43 bits per heavy atom. The van der Waals surface area contributed by atoms with Crippen molar-refractivity contribution in [2.24, 2.45) is 0 Å². The van der Waals surface area contributed by atoms with E-state index < -0.39 is 0 Å². The molecule has 4 rings (SSSR count). The Morgan fingerprint density at radius 1 is 0.867 bits per heavy atom. The number of benzene rings is 2. The van der Waals surface area contributed by atoms with E-state index in [0.29, 0.717) is 6.54 Å². The van der Waals surface area contributed by atoms with Gasteiger partial charge in [-0.1, -0.05) is 42.5 Å². The SMILES string of the molecule is CN(C)C(=O)CN1CCCN(Cc2ccc3ccn(Cc4ccccc4)c3c2)CC1. The molecular formula is C25H32N4O. The smallest absolute Gasteiger partial charge is 0.236 e. The summed E-state index contributed by atoms with van der Waals surface area (Å²) in [5.74, 6) is 0.188. The van der Waals surface area contributed by atoms with E-state index in [1.165, 1.54) is 22.0 Å². The van der Waals surface area contributed by atoms with E-state index >= 15 is 0 Å². The van der Waals surface area contributed by atoms with Gasteiger partial charge in [0.15, 0.2) is 0 Å². The molecule has 1 saturated heterocycles. The Bertz CT molecular complexity index is 979. The van der Waals surface area contributed by atoms with E-state index in [2.05, 4.69) is 75.2 Å². The van der Waals surface area contributed by atoms with Crippen LogP contribution in [0.4, 0.5) is 0 Å². The van der Waals surface area contributed by atoms with Gasteiger partial charge in [0, 0.05) is 52.0 Å². The molecule has 1 amide bonds. The van der Waals surface area contributed by atoms with Gasteiger partial charge in [0.25, 0.3) is 0 Å². The number of likely N-dealkylation sites (N-methyl/N-ethyl adjacent to an activating group) is 1. The highest BCUT2D eigenvalue weighted by Crippen LogP contribution is 2.20. The summed E-state index contributed by atoms with van der Waals surface area (Å²) in [5, 5.41) is 1.29. The van der Waals surface area contributed by atoms with Crippen LogP contribution in [0.15, 0.2) is 60.8 Å². The maximum absolute atomic E-state index is 12.0. The van der Waals surface area contributed by atoms with Gasteiger partial charge in [-0.25, -0.2) is 0 Å². The molecule has 0 radical (unpaired) electrons. The minimum Gasteiger partial charge on any atom is -0.348 e. The molecule has 0 aliphatic carbocycles. The second kappa shape index (κ2) is 9.45. The molecule has 1 aliphatic heterocycles. The van der Waals surface area contributed by atoms with Gasteiger partial charge in [-0.05, 0) is 48.2 Å². The number of amides is 1. The average Bonchev–Trinajstić information content (AvgIpc) is 3.00. The molecule has 0 bridgehead atoms. The molecule has 3 aromatic rings. The number of carbonyl (C=O) groups is 1. The predicted molar refractivity (Wildman–Crippen MR) is 123 cm³/mol. The molecule has 1 fully saturated rings. The van der Waals surface area contributed by atoms with Gasteiger partial charge in [-0.2, -0.15) is 0 Å². The minimum atomic E-state index is 0.188. The van der Waals surface area contributed by atoms with Crippen molar-refractivity contribution in [2.75, 3.05) is 46.8 Å². The summed E-state index contributed by atoms with van der Waals surface area (Å²) in [6.07, 6.45) is 3.29. The third kappa shape index (κ3) is 5.10. The topological polar surface area (TPSA) is 31.7 Å². The monoisotopic (exact) mass is 404 g/mol. The Kier molecular flexibility index (Phi) is 6.50. The molecule has 1 aromatic heterocycles. The van der Waals surface area contributed by atoms with Crippen LogP contribution < -0.4 is 0 Å². The summed E-state index contributed by atoms with van der Waals surface area (Å²) >= 11 is 0. The molecule has 0 spiro atoms. The Morgan fingerprint density at radius 2 is 1.63 bits per heavy atom. The molecule has 0 unspecified atom stereocenters. The average molecular weight is 405 g/mol. The van der Waals surface area contributed by atoms with Gasteiger partial charge < -0.3 is 9.47 Å². The van der Waals surface area contributed by atoms with Gasteiger partial charge in [0.1, 0.15) is 0 Å². The molecule has 158 valence electrons. The van der Waals surface area contributed by atoms with Crippen LogP contribution in [0.5, 0.6) is 0 Å². The molecule has 2 aromatic carbocycles. The van der Waals surface area contributed by atoms with Gasteiger partial charge >= 0.3 is 0 Å². The van der Waals surface area contributed by atoms with Gasteiger partial charge in [-0.3, -0.25) is 14.6 Å². The van der Waals surface area contributed by atoms with Crippen LogP contribution in [0.2, 0.25) is 0 Å². The highest BCUT2D eigenvalue weighted by Gasteiger charge is 2.18. The van der Waals surface area contributed by atoms with Crippen LogP contribution in [0.25, 0.3) is 10.9 Å². The molecule has 30 heavy (non-hydrogen) atoms. The molecule has 1 aliphatic rings. The fourth-order valence-electron chi connectivity index (χ4n) is 4.18. The van der Waals surface area contributed by atoms with E-state index in [-0.39, 0.29) is 5.91 Å². The van der Waals surface area contributed by atoms with E-state index in [1.54, 1.807) is 4.90 Å². The number of hydrogen-bond donors (Lipinski definition) is 0. The van der Waals surface area contributed by atoms with E-state index in [9.17, 15) is 4.79 Å². The van der Waals surface area contributed by atoms with Crippen LogP contribution in [0, 0.1) is 0 Å². The summed E-state index contributed by atoms with van der Waals surface area (Å²) in [7, 11) is 3.66. The number of hydrogen-bond acceptors (Lipinski definition) is 3. The Labute approximate surface area is 179 Å². The molecule has 2 heterocycles. The lowest BCUT2D eigenvalue weighted by Gasteiger charge is -2.22. The quantitative estimate of drug-likeness (QED) is 0.632. The van der Waals surface area contributed by atoms with Crippen LogP contribution in [0.1, 0.15) is 17.5 Å². The maximum atomic E-state index is 12.0. The van der Waals surface area contributed by atoms with Gasteiger partial charge in [0.05, 0.1) is 6.54 Å². The van der Waals surface area contributed by atoms with E-state index in [1.807, 2.05) is 14.1 Å². The van der Waals surface area contributed by atoms with Crippen molar-refractivity contribution in [1.29, 1.82) is 0 Å². The number of aromatic nitrogens is 1. The summed E-state index contributed by atoms with van der Waals surface area (Å²) in [6.45, 7) is 6.41. The normalized spacial score (nSPS) is 15.9. The first kappa shape index (κ1) is 20.6. The molecule has 0 saturated carbocycles. The second-order valence-electron chi connectivity index (χ2n) is 8.52. The third-order valence-electron chi connectivity index (χ3n) is 5.98. The molecule has 0 atom stereocenters. The zero-order valence-corrected chi connectivity index (χ0v) is 18.1. The second-order valence-corrected chi connectivity index (χ2v) is 8.52. The highest BCUT2D eigenvalue weighted by atomic mass is 16.2. The summed E-state index contributed by atoms with van der Waals surface area (Å²) in [5.41, 5.74) is 3.97. The molecule has 5 nitrogen and oxygen atoms in total. The van der Waals surface area contributed by atoms with Gasteiger partial charge in [0.2, 0.25) is 5.91 Å². The van der Waals surface area contributed by atoms with Crippen LogP contribution in [-0.4, -0.2) is 72.0 Å². The lowest BCUT2D eigenvalue weighted by atomic mass is 10.1. The summed E-state index contributed by atoms with van der Waals surface area (Å²) < 4.78 is 2.34. The van der Waals surface area contributed by atoms with Crippen molar-refractivity contribution in [3.63, 3.8) is 0 Å². The molecule has 0 N–H and O–H groups in total. The fraction of sp³-hybridized carbons (Fsp3) is 0.400. The van der Waals surface area contributed by atoms with Crippen molar-refractivity contribution >= 4 is 16.8 Å². The molecular weight excluding hydrogens is 372 g/mol. The minimum absolute atomic E-state index is 0.188. The van der Waals surface area contributed by atoms with Crippen LogP contribution in [0.3, 0.4) is 0 Å². The van der Waals surface area contributed by atoms with Gasteiger partial charge in [-0.15, -0.1) is 0 Å². The number of fused-ring (bicyclic) bond motifs is 1. The van der Waals surface area contributed by atoms with Crippen molar-refractivity contribution in [3.05, 3.63) is 71.9 Å². The lowest BCUT2D eigenvalue weighted by Crippen LogP contribution is -2.38. The third-order valence-corrected chi connectivity index (χ3v) is 5.98. The van der Waals surface area contributed by atoms with Crippen molar-refractivity contribution in [3.8, 4) is 0 Å². The first-order valence-corrected chi connectivity index (χ1v) is 10.8. The van der Waals surface area contributed by atoms with Crippen molar-refractivity contribution in [2.45, 2.75) is 19.5 Å². The van der Waals surface area contributed by atoms with Crippen molar-refractivity contribution < 1.29 is 4.79 Å². The van der Waals surface area contributed by atoms with Crippen LogP contribution in [-0.2, 0) is 17.9 Å². The van der Waals surface area contributed by atoms with E-state index in [4.69, 9.17) is 0 Å². The Hall–Kier alpha value is -2.63. The zero-order chi connectivity index (χ0) is 20.9. The summed E-state index contributed by atoms with van der Waals surface area (Å²) in [6, 6.07) is 19.7. The molecule has 5 heteroatoms. The Balaban J connectivity index is 1.41. The number of carbonyl (C=O) groups excluding carboxylic acids is 1. The predicted octanol–water partition coefficient (Wildman–Crippen LogP) is 3.29. The van der Waals surface area contributed by atoms with Crippen LogP contribution >= 0.6 is 0 Å². The van der Waals surface area contributed by atoms with E-state index in [0.717, 1.165) is 45.7 Å². The number of nitrogens with zero attached hydrogens (tertiary/aromatic N) is 4. The standard InChI is InChI=1S/C25H32N4O/c1-26(2)25(30)20-28-13-6-12-27(15-16-28)18-22-9-10-23-11-14-29(24(23)17-22)19-21-7-4-3-5-8-21/h3-5,7-11,14,17H,6,12-13,15-16,18-20H2,1-2H3. The number of rotatable bonds is 6. The van der Waals surface area contributed by atoms with Crippen molar-refractivity contribution in [1.82, 2.24) is 19.3 Å². The zero-order valence-electron chi connectivity index (χ0n) is 18.1. The lowest BCUT2D eigenvalue weighted by molar-refractivity contribution is -0.129. The maximum Gasteiger partial charge on any atom is 0.236 e. The highest BCUT2D eigenvalue weighted by molar-refractivity contribution is 5.81. The first-order chi connectivity index (χ1) is 14.6. The fourth-order valence-corrected chi connectivity index (χ4v) is 4.18. The first-order valence-electron chi connectivity index (χ1n) is 10.8. The summed E-state index contributed by atoms with van der Waals surface area (Å²) in [4.78, 5) is 18.5.